The van der Waals surface area contributed by atoms with Crippen molar-refractivity contribution in [2.24, 2.45) is 0 Å². The molecule has 1 aromatic heterocycles. The van der Waals surface area contributed by atoms with Crippen LogP contribution in [0.5, 0.6) is 0 Å². The van der Waals surface area contributed by atoms with Crippen LogP contribution >= 0.6 is 11.3 Å². The van der Waals surface area contributed by atoms with E-state index in [9.17, 15) is 9.59 Å². The third kappa shape index (κ3) is 4.68. The number of nitrogens with zero attached hydrogens (tertiary/aromatic N) is 1. The molecule has 21 heavy (non-hydrogen) atoms. The van der Waals surface area contributed by atoms with E-state index in [0.29, 0.717) is 0 Å². The summed E-state index contributed by atoms with van der Waals surface area (Å²) in [4.78, 5) is 27.4. The van der Waals surface area contributed by atoms with Crippen molar-refractivity contribution in [2.75, 3.05) is 6.54 Å². The highest BCUT2D eigenvalue weighted by molar-refractivity contribution is 7.19. The number of aromatic nitrogens is 1. The predicted octanol–water partition coefficient (Wildman–Crippen LogP) is 1.95. The Hall–Kier alpha value is -2.21. The molecule has 0 saturated heterocycles. The van der Waals surface area contributed by atoms with Crippen LogP contribution in [0.3, 0.4) is 0 Å². The molecule has 0 atom stereocenters. The molecule has 2 N–H and O–H groups in total. The summed E-state index contributed by atoms with van der Waals surface area (Å²) in [5.41, 5.74) is 0.916. The normalized spacial score (nSPS) is 11.2. The number of nitrogens with one attached hydrogen (secondary N) is 2. The molecule has 2 amide bonds. The molecule has 110 valence electrons. The number of hydrogen-bond donors (Lipinski definition) is 2. The number of thiazole rings is 1. The van der Waals surface area contributed by atoms with Crippen LogP contribution in [-0.2, 0) is 9.59 Å². The van der Waals surface area contributed by atoms with Crippen LogP contribution in [0, 0.1) is 0 Å². The van der Waals surface area contributed by atoms with Crippen LogP contribution < -0.4 is 10.6 Å². The van der Waals surface area contributed by atoms with Crippen LogP contribution in [0.1, 0.15) is 18.9 Å². The van der Waals surface area contributed by atoms with Crippen molar-refractivity contribution in [3.8, 4) is 0 Å². The van der Waals surface area contributed by atoms with Gasteiger partial charge < -0.3 is 10.6 Å². The number of amides is 2. The van der Waals surface area contributed by atoms with Crippen molar-refractivity contribution in [2.45, 2.75) is 19.9 Å². The maximum Gasteiger partial charge on any atom is 0.244 e. The topological polar surface area (TPSA) is 71.1 Å². The monoisotopic (exact) mass is 303 g/mol. The minimum Gasteiger partial charge on any atom is -0.352 e. The maximum absolute atomic E-state index is 11.6. The molecule has 0 bridgehead atoms. The number of para-hydroxylation sites is 1. The molecule has 0 fully saturated rings. The Morgan fingerprint density at radius 2 is 2.10 bits per heavy atom. The quantitative estimate of drug-likeness (QED) is 0.829. The summed E-state index contributed by atoms with van der Waals surface area (Å²) in [5.74, 6) is -0.514. The second-order valence-electron chi connectivity index (χ2n) is 4.79. The first-order valence-corrected chi connectivity index (χ1v) is 7.47. The minimum absolute atomic E-state index is 0.0266. The largest absolute Gasteiger partial charge is 0.352 e. The average molecular weight is 303 g/mol. The Morgan fingerprint density at radius 1 is 1.33 bits per heavy atom. The average Bonchev–Trinajstić information content (AvgIpc) is 2.85. The fraction of sp³-hybridized carbons (Fsp3) is 0.267. The third-order valence-corrected chi connectivity index (χ3v) is 3.56. The summed E-state index contributed by atoms with van der Waals surface area (Å²) in [7, 11) is 0. The van der Waals surface area contributed by atoms with Crippen molar-refractivity contribution >= 4 is 39.4 Å². The van der Waals surface area contributed by atoms with Crippen molar-refractivity contribution in [3.63, 3.8) is 0 Å². The zero-order chi connectivity index (χ0) is 15.2. The Labute approximate surface area is 127 Å². The second-order valence-corrected chi connectivity index (χ2v) is 5.86. The summed E-state index contributed by atoms with van der Waals surface area (Å²) >= 11 is 1.51. The number of benzene rings is 1. The molecule has 6 heteroatoms. The van der Waals surface area contributed by atoms with Gasteiger partial charge in [-0.3, -0.25) is 9.59 Å². The van der Waals surface area contributed by atoms with Crippen LogP contribution in [0.2, 0.25) is 0 Å². The molecular formula is C15H17N3O2S. The Morgan fingerprint density at radius 3 is 2.81 bits per heavy atom. The lowest BCUT2D eigenvalue weighted by Gasteiger charge is -2.07. The molecule has 0 radical (unpaired) electrons. The summed E-state index contributed by atoms with van der Waals surface area (Å²) in [5, 5.41) is 5.99. The highest BCUT2D eigenvalue weighted by atomic mass is 32.1. The van der Waals surface area contributed by atoms with Gasteiger partial charge in [0.2, 0.25) is 11.8 Å². The van der Waals surface area contributed by atoms with Crippen molar-refractivity contribution in [1.29, 1.82) is 0 Å². The van der Waals surface area contributed by atoms with Gasteiger partial charge in [0, 0.05) is 12.1 Å². The molecule has 1 aromatic carbocycles. The van der Waals surface area contributed by atoms with Gasteiger partial charge in [-0.2, -0.15) is 0 Å². The van der Waals surface area contributed by atoms with E-state index >= 15 is 0 Å². The Balaban J connectivity index is 1.88. The number of hydrogen-bond acceptors (Lipinski definition) is 4. The summed E-state index contributed by atoms with van der Waals surface area (Å²) < 4.78 is 1.08. The van der Waals surface area contributed by atoms with E-state index in [2.05, 4.69) is 15.6 Å². The smallest absolute Gasteiger partial charge is 0.244 e. The van der Waals surface area contributed by atoms with Crippen molar-refractivity contribution in [3.05, 3.63) is 35.3 Å². The maximum atomic E-state index is 11.6. The van der Waals surface area contributed by atoms with Crippen LogP contribution in [-0.4, -0.2) is 29.4 Å². The lowest BCUT2D eigenvalue weighted by molar-refractivity contribution is -0.124. The van der Waals surface area contributed by atoms with Gasteiger partial charge >= 0.3 is 0 Å². The lowest BCUT2D eigenvalue weighted by atomic mass is 10.3. The standard InChI is InChI=1S/C15H17N3O2S/c1-10(2)17-14(20)9-16-13(19)7-8-15-18-11-5-3-4-6-12(11)21-15/h3-8,10H,9H2,1-2H3,(H,16,19)(H,17,20)/b8-7+. The highest BCUT2D eigenvalue weighted by Gasteiger charge is 2.05. The van der Waals surface area contributed by atoms with E-state index in [0.717, 1.165) is 15.2 Å². The minimum atomic E-state index is -0.312. The summed E-state index contributed by atoms with van der Waals surface area (Å²) in [6.45, 7) is 3.71. The first-order chi connectivity index (χ1) is 10.0. The van der Waals surface area contributed by atoms with Gasteiger partial charge in [0.25, 0.3) is 0 Å². The van der Waals surface area contributed by atoms with Gasteiger partial charge in [0.05, 0.1) is 16.8 Å². The van der Waals surface area contributed by atoms with Crippen LogP contribution in [0.15, 0.2) is 30.3 Å². The fourth-order valence-corrected chi connectivity index (χ4v) is 2.58. The highest BCUT2D eigenvalue weighted by Crippen LogP contribution is 2.22. The zero-order valence-corrected chi connectivity index (χ0v) is 12.7. The molecule has 0 unspecified atom stereocenters. The predicted molar refractivity (Wildman–Crippen MR) is 84.9 cm³/mol. The Bertz CT molecular complexity index is 643. The zero-order valence-electron chi connectivity index (χ0n) is 11.9. The molecule has 2 rings (SSSR count). The van der Waals surface area contributed by atoms with E-state index in [1.807, 2.05) is 38.1 Å². The molecule has 0 spiro atoms. The first kappa shape index (κ1) is 15.2. The first-order valence-electron chi connectivity index (χ1n) is 6.65. The molecule has 0 saturated carbocycles. The summed E-state index contributed by atoms with van der Waals surface area (Å²) in [6, 6.07) is 7.86. The lowest BCUT2D eigenvalue weighted by Crippen LogP contribution is -2.39. The summed E-state index contributed by atoms with van der Waals surface area (Å²) in [6.07, 6.45) is 3.04. The molecule has 0 aliphatic heterocycles. The molecule has 0 aliphatic rings. The van der Waals surface area contributed by atoms with E-state index in [-0.39, 0.29) is 24.4 Å². The van der Waals surface area contributed by atoms with Gasteiger partial charge in [0.15, 0.2) is 0 Å². The number of rotatable bonds is 5. The Kier molecular flexibility index (Phi) is 5.05. The van der Waals surface area contributed by atoms with Gasteiger partial charge in [-0.05, 0) is 32.1 Å². The van der Waals surface area contributed by atoms with Crippen LogP contribution in [0.25, 0.3) is 16.3 Å². The molecular weight excluding hydrogens is 286 g/mol. The second kappa shape index (κ2) is 6.99. The molecule has 2 aromatic rings. The van der Waals surface area contributed by atoms with E-state index < -0.39 is 0 Å². The number of fused-ring (bicyclic) bond motifs is 1. The molecule has 0 aliphatic carbocycles. The van der Waals surface area contributed by atoms with Crippen molar-refractivity contribution < 1.29 is 9.59 Å². The van der Waals surface area contributed by atoms with E-state index in [4.69, 9.17) is 0 Å². The van der Waals surface area contributed by atoms with Gasteiger partial charge in [0.1, 0.15) is 5.01 Å². The van der Waals surface area contributed by atoms with Gasteiger partial charge in [-0.15, -0.1) is 11.3 Å². The van der Waals surface area contributed by atoms with Gasteiger partial charge in [-0.1, -0.05) is 12.1 Å². The fourth-order valence-electron chi connectivity index (χ4n) is 1.71. The molecule has 1 heterocycles. The number of carbonyl (C=O) groups is 2. The van der Waals surface area contributed by atoms with E-state index in [1.165, 1.54) is 17.4 Å². The van der Waals surface area contributed by atoms with Crippen molar-refractivity contribution in [1.82, 2.24) is 15.6 Å². The van der Waals surface area contributed by atoms with E-state index in [1.54, 1.807) is 6.08 Å². The SMILES string of the molecule is CC(C)NC(=O)CNC(=O)/C=C/c1nc2ccccc2s1. The third-order valence-electron chi connectivity index (χ3n) is 2.56. The van der Waals surface area contributed by atoms with Gasteiger partial charge in [-0.25, -0.2) is 4.98 Å². The molecule has 5 nitrogen and oxygen atoms in total. The van der Waals surface area contributed by atoms with Crippen LogP contribution in [0.4, 0.5) is 0 Å². The number of carbonyl (C=O) groups excluding carboxylic acids is 2.